The molecule has 86 valence electrons. The molecule has 0 saturated heterocycles. The third kappa shape index (κ3) is 1.90. The van der Waals surface area contributed by atoms with Crippen LogP contribution in [0.2, 0.25) is 0 Å². The van der Waals surface area contributed by atoms with Crippen LogP contribution in [0, 0.1) is 0 Å². The number of benzene rings is 1. The van der Waals surface area contributed by atoms with Gasteiger partial charge in [0.15, 0.2) is 0 Å². The van der Waals surface area contributed by atoms with Gasteiger partial charge >= 0.3 is 0 Å². The van der Waals surface area contributed by atoms with E-state index in [2.05, 4.69) is 25.0 Å². The molecular weight excluding hydrogens is 200 g/mol. The van der Waals surface area contributed by atoms with Gasteiger partial charge in [0.1, 0.15) is 5.75 Å². The van der Waals surface area contributed by atoms with Crippen LogP contribution in [0.3, 0.4) is 0 Å². The summed E-state index contributed by atoms with van der Waals surface area (Å²) >= 11 is 0. The lowest BCUT2D eigenvalue weighted by Gasteiger charge is -2.12. The SMILES string of the molecule is CCOc1cc2nn(C)cc2cc1C(C)C. The number of aryl methyl sites for hydroxylation is 1. The second kappa shape index (κ2) is 4.16. The molecule has 2 rings (SSSR count). The van der Waals surface area contributed by atoms with Crippen molar-refractivity contribution in [2.24, 2.45) is 7.05 Å². The van der Waals surface area contributed by atoms with E-state index in [1.54, 1.807) is 0 Å². The molecule has 0 aliphatic carbocycles. The Hall–Kier alpha value is -1.51. The maximum absolute atomic E-state index is 5.67. The fourth-order valence-electron chi connectivity index (χ4n) is 1.93. The molecule has 0 fully saturated rings. The zero-order chi connectivity index (χ0) is 11.7. The number of hydrogen-bond acceptors (Lipinski definition) is 2. The Labute approximate surface area is 96.0 Å². The lowest BCUT2D eigenvalue weighted by Crippen LogP contribution is -1.98. The molecule has 3 heteroatoms. The summed E-state index contributed by atoms with van der Waals surface area (Å²) in [7, 11) is 1.94. The molecule has 0 unspecified atom stereocenters. The van der Waals surface area contributed by atoms with E-state index in [1.165, 1.54) is 10.9 Å². The van der Waals surface area contributed by atoms with Crippen molar-refractivity contribution in [3.63, 3.8) is 0 Å². The minimum atomic E-state index is 0.464. The van der Waals surface area contributed by atoms with E-state index >= 15 is 0 Å². The Kier molecular flexibility index (Phi) is 2.86. The summed E-state index contributed by atoms with van der Waals surface area (Å²) < 4.78 is 7.50. The van der Waals surface area contributed by atoms with Crippen LogP contribution in [-0.2, 0) is 7.05 Å². The van der Waals surface area contributed by atoms with E-state index in [0.717, 1.165) is 11.3 Å². The van der Waals surface area contributed by atoms with Gasteiger partial charge in [-0.25, -0.2) is 0 Å². The molecular formula is C13H18N2O. The van der Waals surface area contributed by atoms with Crippen LogP contribution < -0.4 is 4.74 Å². The van der Waals surface area contributed by atoms with Crippen LogP contribution in [0.15, 0.2) is 18.3 Å². The molecule has 0 bridgehead atoms. The second-order valence-electron chi connectivity index (χ2n) is 4.34. The molecule has 0 saturated carbocycles. The zero-order valence-corrected chi connectivity index (χ0v) is 10.3. The monoisotopic (exact) mass is 218 g/mol. The van der Waals surface area contributed by atoms with Crippen LogP contribution in [0.1, 0.15) is 32.3 Å². The highest BCUT2D eigenvalue weighted by molar-refractivity contribution is 5.81. The predicted molar refractivity (Wildman–Crippen MR) is 66.0 cm³/mol. The van der Waals surface area contributed by atoms with Gasteiger partial charge in [0.2, 0.25) is 0 Å². The van der Waals surface area contributed by atoms with E-state index in [4.69, 9.17) is 4.74 Å². The normalized spacial score (nSPS) is 11.3. The highest BCUT2D eigenvalue weighted by Crippen LogP contribution is 2.30. The van der Waals surface area contributed by atoms with Crippen molar-refractivity contribution in [2.45, 2.75) is 26.7 Å². The van der Waals surface area contributed by atoms with Gasteiger partial charge in [-0.3, -0.25) is 4.68 Å². The van der Waals surface area contributed by atoms with Gasteiger partial charge < -0.3 is 4.74 Å². The molecule has 3 nitrogen and oxygen atoms in total. The molecule has 0 radical (unpaired) electrons. The third-order valence-electron chi connectivity index (χ3n) is 2.67. The molecule has 0 aliphatic rings. The van der Waals surface area contributed by atoms with Crippen molar-refractivity contribution < 1.29 is 4.74 Å². The van der Waals surface area contributed by atoms with Crippen molar-refractivity contribution in [3.05, 3.63) is 23.9 Å². The average molecular weight is 218 g/mol. The minimum Gasteiger partial charge on any atom is -0.494 e. The highest BCUT2D eigenvalue weighted by atomic mass is 16.5. The number of ether oxygens (including phenoxy) is 1. The van der Waals surface area contributed by atoms with Gasteiger partial charge in [-0.2, -0.15) is 5.10 Å². The quantitative estimate of drug-likeness (QED) is 0.791. The number of rotatable bonds is 3. The van der Waals surface area contributed by atoms with Crippen molar-refractivity contribution in [1.82, 2.24) is 9.78 Å². The average Bonchev–Trinajstić information content (AvgIpc) is 2.56. The van der Waals surface area contributed by atoms with Crippen LogP contribution in [-0.4, -0.2) is 16.4 Å². The summed E-state index contributed by atoms with van der Waals surface area (Å²) in [5.74, 6) is 1.43. The summed E-state index contributed by atoms with van der Waals surface area (Å²) in [5, 5.41) is 5.57. The predicted octanol–water partition coefficient (Wildman–Crippen LogP) is 3.10. The number of nitrogens with zero attached hydrogens (tertiary/aromatic N) is 2. The molecule has 0 aliphatic heterocycles. The molecule has 0 atom stereocenters. The first-order valence-corrected chi connectivity index (χ1v) is 5.72. The van der Waals surface area contributed by atoms with Crippen LogP contribution in [0.4, 0.5) is 0 Å². The summed E-state index contributed by atoms with van der Waals surface area (Å²) in [6, 6.07) is 4.21. The topological polar surface area (TPSA) is 27.1 Å². The van der Waals surface area contributed by atoms with Crippen molar-refractivity contribution in [1.29, 1.82) is 0 Å². The van der Waals surface area contributed by atoms with Crippen LogP contribution >= 0.6 is 0 Å². The van der Waals surface area contributed by atoms with Crippen molar-refractivity contribution in [3.8, 4) is 5.75 Å². The Morgan fingerprint density at radius 2 is 2.12 bits per heavy atom. The molecule has 0 spiro atoms. The first-order chi connectivity index (χ1) is 7.61. The highest BCUT2D eigenvalue weighted by Gasteiger charge is 2.11. The lowest BCUT2D eigenvalue weighted by molar-refractivity contribution is 0.335. The molecule has 2 aromatic rings. The Balaban J connectivity index is 2.60. The van der Waals surface area contributed by atoms with E-state index in [-0.39, 0.29) is 0 Å². The fraction of sp³-hybridized carbons (Fsp3) is 0.462. The van der Waals surface area contributed by atoms with Gasteiger partial charge in [-0.15, -0.1) is 0 Å². The summed E-state index contributed by atoms with van der Waals surface area (Å²) in [4.78, 5) is 0. The van der Waals surface area contributed by atoms with E-state index in [1.807, 2.05) is 30.9 Å². The molecule has 0 amide bonds. The Morgan fingerprint density at radius 1 is 1.38 bits per heavy atom. The largest absolute Gasteiger partial charge is 0.494 e. The van der Waals surface area contributed by atoms with Gasteiger partial charge in [0.05, 0.1) is 12.1 Å². The first-order valence-electron chi connectivity index (χ1n) is 5.72. The van der Waals surface area contributed by atoms with Gasteiger partial charge in [-0.1, -0.05) is 13.8 Å². The zero-order valence-electron chi connectivity index (χ0n) is 10.3. The molecule has 1 aromatic carbocycles. The van der Waals surface area contributed by atoms with E-state index in [9.17, 15) is 0 Å². The second-order valence-corrected chi connectivity index (χ2v) is 4.34. The maximum Gasteiger partial charge on any atom is 0.124 e. The summed E-state index contributed by atoms with van der Waals surface area (Å²) in [6.07, 6.45) is 2.04. The van der Waals surface area contributed by atoms with Crippen LogP contribution in [0.5, 0.6) is 5.75 Å². The lowest BCUT2D eigenvalue weighted by atomic mass is 10.0. The summed E-state index contributed by atoms with van der Waals surface area (Å²) in [6.45, 7) is 7.06. The van der Waals surface area contributed by atoms with Gasteiger partial charge in [0, 0.05) is 24.7 Å². The number of fused-ring (bicyclic) bond motifs is 1. The molecule has 1 aromatic heterocycles. The fourth-order valence-corrected chi connectivity index (χ4v) is 1.93. The van der Waals surface area contributed by atoms with Crippen molar-refractivity contribution in [2.75, 3.05) is 6.61 Å². The van der Waals surface area contributed by atoms with Crippen molar-refractivity contribution >= 4 is 10.9 Å². The first kappa shape index (κ1) is 11.0. The summed E-state index contributed by atoms with van der Waals surface area (Å²) in [5.41, 5.74) is 2.25. The number of aromatic nitrogens is 2. The Bertz CT molecular complexity index is 500. The van der Waals surface area contributed by atoms with Crippen LogP contribution in [0.25, 0.3) is 10.9 Å². The molecule has 16 heavy (non-hydrogen) atoms. The Morgan fingerprint density at radius 3 is 2.75 bits per heavy atom. The molecule has 0 N–H and O–H groups in total. The minimum absolute atomic E-state index is 0.464. The molecule has 1 heterocycles. The van der Waals surface area contributed by atoms with E-state index < -0.39 is 0 Å². The van der Waals surface area contributed by atoms with Gasteiger partial charge in [0.25, 0.3) is 0 Å². The smallest absolute Gasteiger partial charge is 0.124 e. The van der Waals surface area contributed by atoms with E-state index in [0.29, 0.717) is 12.5 Å². The standard InChI is InChI=1S/C13H18N2O/c1-5-16-13-7-12-10(8-15(4)14-12)6-11(13)9(2)3/h6-9H,5H2,1-4H3. The number of hydrogen-bond donors (Lipinski definition) is 0. The maximum atomic E-state index is 5.67. The third-order valence-corrected chi connectivity index (χ3v) is 2.67. The van der Waals surface area contributed by atoms with Gasteiger partial charge in [-0.05, 0) is 24.5 Å².